The van der Waals surface area contributed by atoms with Crippen molar-refractivity contribution < 1.29 is 4.79 Å². The number of pyridine rings is 1. The van der Waals surface area contributed by atoms with E-state index in [0.717, 1.165) is 68.1 Å². The zero-order valence-electron chi connectivity index (χ0n) is 15.7. The first-order valence-corrected chi connectivity index (χ1v) is 9.68. The first-order chi connectivity index (χ1) is 13.2. The molecule has 1 N–H and O–H groups in total. The van der Waals surface area contributed by atoms with E-state index in [0.29, 0.717) is 5.56 Å². The Morgan fingerprint density at radius 2 is 2.00 bits per heavy atom. The lowest BCUT2D eigenvalue weighted by atomic mass is 10.2. The van der Waals surface area contributed by atoms with Gasteiger partial charge in [-0.1, -0.05) is 12.1 Å². The summed E-state index contributed by atoms with van der Waals surface area (Å²) in [4.78, 5) is 29.1. The maximum Gasteiger partial charge on any atom is 0.255 e. The molecule has 3 heterocycles. The molecule has 140 valence electrons. The van der Waals surface area contributed by atoms with Crippen molar-refractivity contribution in [3.63, 3.8) is 0 Å². The molecule has 1 saturated heterocycles. The number of hydrogen-bond acceptors (Lipinski definition) is 4. The van der Waals surface area contributed by atoms with Crippen LogP contribution in [0.1, 0.15) is 35.9 Å². The van der Waals surface area contributed by atoms with Crippen molar-refractivity contribution in [3.8, 4) is 0 Å². The Kier molecular flexibility index (Phi) is 5.05. The minimum absolute atomic E-state index is 0.0943. The van der Waals surface area contributed by atoms with Crippen molar-refractivity contribution in [1.82, 2.24) is 19.9 Å². The summed E-state index contributed by atoms with van der Waals surface area (Å²) in [6, 6.07) is 11.9. The molecule has 0 bridgehead atoms. The van der Waals surface area contributed by atoms with E-state index in [1.807, 2.05) is 41.3 Å². The van der Waals surface area contributed by atoms with Crippen LogP contribution in [-0.4, -0.2) is 51.9 Å². The minimum atomic E-state index is 0.0943. The van der Waals surface area contributed by atoms with Crippen LogP contribution in [0.5, 0.6) is 0 Å². The molecule has 0 radical (unpaired) electrons. The first-order valence-electron chi connectivity index (χ1n) is 9.68. The Morgan fingerprint density at radius 1 is 1.19 bits per heavy atom. The average molecular weight is 363 g/mol. The van der Waals surface area contributed by atoms with Crippen LogP contribution in [0.4, 0.5) is 5.82 Å². The van der Waals surface area contributed by atoms with Gasteiger partial charge in [-0.3, -0.25) is 4.79 Å². The topological polar surface area (TPSA) is 65.1 Å². The van der Waals surface area contributed by atoms with Gasteiger partial charge in [-0.25, -0.2) is 9.97 Å². The number of carbonyl (C=O) groups is 1. The maximum absolute atomic E-state index is 12.5. The number of nitrogens with one attached hydrogen (secondary N) is 1. The second-order valence-corrected chi connectivity index (χ2v) is 6.93. The Labute approximate surface area is 159 Å². The molecule has 0 spiro atoms. The predicted octanol–water partition coefficient (Wildman–Crippen LogP) is 3.26. The summed E-state index contributed by atoms with van der Waals surface area (Å²) >= 11 is 0. The number of hydrogen-bond donors (Lipinski definition) is 1. The lowest BCUT2D eigenvalue weighted by Crippen LogP contribution is -2.29. The third-order valence-corrected chi connectivity index (χ3v) is 5.15. The SMILES string of the molecule is CCN(CCc1nc2ccccc2[nH]1)c1ccc(C(=O)N2CCCC2)cn1. The average Bonchev–Trinajstić information content (AvgIpc) is 3.38. The number of likely N-dealkylation sites (N-methyl/N-ethyl adjacent to an activating group) is 1. The number of aromatic nitrogens is 3. The number of benzene rings is 1. The quantitative estimate of drug-likeness (QED) is 0.730. The highest BCUT2D eigenvalue weighted by Crippen LogP contribution is 2.17. The molecule has 1 aliphatic heterocycles. The van der Waals surface area contributed by atoms with Gasteiger partial charge in [0.1, 0.15) is 11.6 Å². The minimum Gasteiger partial charge on any atom is -0.356 e. The van der Waals surface area contributed by atoms with E-state index >= 15 is 0 Å². The van der Waals surface area contributed by atoms with Crippen LogP contribution in [0.3, 0.4) is 0 Å². The summed E-state index contributed by atoms with van der Waals surface area (Å²) in [6.07, 6.45) is 4.73. The lowest BCUT2D eigenvalue weighted by Gasteiger charge is -2.22. The van der Waals surface area contributed by atoms with Crippen LogP contribution >= 0.6 is 0 Å². The van der Waals surface area contributed by atoms with Gasteiger partial charge in [0.15, 0.2) is 0 Å². The molecule has 1 aliphatic rings. The number of anilines is 1. The fourth-order valence-electron chi connectivity index (χ4n) is 3.60. The zero-order chi connectivity index (χ0) is 18.6. The van der Waals surface area contributed by atoms with Crippen LogP contribution in [-0.2, 0) is 6.42 Å². The van der Waals surface area contributed by atoms with Crippen molar-refractivity contribution in [2.45, 2.75) is 26.2 Å². The number of imidazole rings is 1. The molecule has 1 aromatic carbocycles. The smallest absolute Gasteiger partial charge is 0.255 e. The van der Waals surface area contributed by atoms with Gasteiger partial charge in [-0.2, -0.15) is 0 Å². The van der Waals surface area contributed by atoms with Crippen molar-refractivity contribution in [3.05, 3.63) is 54.0 Å². The maximum atomic E-state index is 12.5. The van der Waals surface area contributed by atoms with E-state index < -0.39 is 0 Å². The van der Waals surface area contributed by atoms with Gasteiger partial charge in [0, 0.05) is 38.8 Å². The van der Waals surface area contributed by atoms with Gasteiger partial charge >= 0.3 is 0 Å². The van der Waals surface area contributed by atoms with E-state index in [9.17, 15) is 4.79 Å². The van der Waals surface area contributed by atoms with E-state index in [1.54, 1.807) is 6.20 Å². The number of likely N-dealkylation sites (tertiary alicyclic amines) is 1. The summed E-state index contributed by atoms with van der Waals surface area (Å²) in [5.74, 6) is 1.97. The largest absolute Gasteiger partial charge is 0.356 e. The standard InChI is InChI=1S/C21H25N5O/c1-2-25(14-11-19-23-17-7-3-4-8-18(17)24-19)20-10-9-16(15-22-20)21(27)26-12-5-6-13-26/h3-4,7-10,15H,2,5-6,11-14H2,1H3,(H,23,24). The van der Waals surface area contributed by atoms with Crippen molar-refractivity contribution in [1.29, 1.82) is 0 Å². The molecule has 0 atom stereocenters. The highest BCUT2D eigenvalue weighted by atomic mass is 16.2. The molecule has 6 heteroatoms. The molecular formula is C21H25N5O. The monoisotopic (exact) mass is 363 g/mol. The highest BCUT2D eigenvalue weighted by Gasteiger charge is 2.20. The highest BCUT2D eigenvalue weighted by molar-refractivity contribution is 5.94. The Balaban J connectivity index is 1.41. The molecule has 1 amide bonds. The Bertz CT molecular complexity index is 879. The second-order valence-electron chi connectivity index (χ2n) is 6.93. The van der Waals surface area contributed by atoms with Gasteiger partial charge in [0.2, 0.25) is 0 Å². The van der Waals surface area contributed by atoms with Crippen LogP contribution in [0, 0.1) is 0 Å². The summed E-state index contributed by atoms with van der Waals surface area (Å²) in [6.45, 7) is 5.51. The Morgan fingerprint density at radius 3 is 2.70 bits per heavy atom. The molecule has 4 rings (SSSR count). The third kappa shape index (κ3) is 3.79. The van der Waals surface area contributed by atoms with Gasteiger partial charge in [0.05, 0.1) is 16.6 Å². The molecular weight excluding hydrogens is 338 g/mol. The fraction of sp³-hybridized carbons (Fsp3) is 0.381. The number of H-pyrrole nitrogens is 1. The van der Waals surface area contributed by atoms with E-state index in [4.69, 9.17) is 0 Å². The number of para-hydroxylation sites is 2. The zero-order valence-corrected chi connectivity index (χ0v) is 15.7. The van der Waals surface area contributed by atoms with Crippen LogP contribution in [0.2, 0.25) is 0 Å². The van der Waals surface area contributed by atoms with Crippen LogP contribution in [0.15, 0.2) is 42.6 Å². The van der Waals surface area contributed by atoms with Gasteiger partial charge in [0.25, 0.3) is 5.91 Å². The number of aromatic amines is 1. The van der Waals surface area contributed by atoms with E-state index in [-0.39, 0.29) is 5.91 Å². The van der Waals surface area contributed by atoms with Crippen LogP contribution < -0.4 is 4.90 Å². The summed E-state index contributed by atoms with van der Waals surface area (Å²) in [7, 11) is 0. The molecule has 0 unspecified atom stereocenters. The summed E-state index contributed by atoms with van der Waals surface area (Å²) < 4.78 is 0. The van der Waals surface area contributed by atoms with Crippen molar-refractivity contribution in [2.75, 3.05) is 31.1 Å². The van der Waals surface area contributed by atoms with Crippen LogP contribution in [0.25, 0.3) is 11.0 Å². The van der Waals surface area contributed by atoms with E-state index in [1.165, 1.54) is 0 Å². The lowest BCUT2D eigenvalue weighted by molar-refractivity contribution is 0.0792. The van der Waals surface area contributed by atoms with Gasteiger partial charge in [-0.15, -0.1) is 0 Å². The normalized spacial score (nSPS) is 14.0. The molecule has 6 nitrogen and oxygen atoms in total. The van der Waals surface area contributed by atoms with Crippen molar-refractivity contribution in [2.24, 2.45) is 0 Å². The Hall–Kier alpha value is -2.89. The molecule has 3 aromatic rings. The van der Waals surface area contributed by atoms with Crippen molar-refractivity contribution >= 4 is 22.8 Å². The molecule has 27 heavy (non-hydrogen) atoms. The molecule has 0 saturated carbocycles. The van der Waals surface area contributed by atoms with Gasteiger partial charge in [-0.05, 0) is 44.0 Å². The molecule has 2 aromatic heterocycles. The van der Waals surface area contributed by atoms with Gasteiger partial charge < -0.3 is 14.8 Å². The molecule has 1 fully saturated rings. The summed E-state index contributed by atoms with van der Waals surface area (Å²) in [5.41, 5.74) is 2.74. The number of carbonyl (C=O) groups excluding carboxylic acids is 1. The third-order valence-electron chi connectivity index (χ3n) is 5.15. The first kappa shape index (κ1) is 17.5. The predicted molar refractivity (Wildman–Crippen MR) is 107 cm³/mol. The second kappa shape index (κ2) is 7.78. The fourth-order valence-corrected chi connectivity index (χ4v) is 3.60. The summed E-state index contributed by atoms with van der Waals surface area (Å²) in [5, 5.41) is 0. The number of amides is 1. The molecule has 0 aliphatic carbocycles. The number of fused-ring (bicyclic) bond motifs is 1. The number of nitrogens with zero attached hydrogens (tertiary/aromatic N) is 4. The number of rotatable bonds is 6. The van der Waals surface area contributed by atoms with E-state index in [2.05, 4.69) is 26.8 Å².